The summed E-state index contributed by atoms with van der Waals surface area (Å²) in [5.74, 6) is -40.2. The monoisotopic (exact) mass is 648 g/mol. The highest BCUT2D eigenvalue weighted by Gasteiger charge is 2.82. The van der Waals surface area contributed by atoms with Crippen LogP contribution in [0, 0.1) is 0 Å². The normalized spacial score (nSPS) is 14.6. The first-order valence-corrected chi connectivity index (χ1v) is 10.3. The van der Waals surface area contributed by atoms with Crippen molar-refractivity contribution < 1.29 is 98.3 Å². The smallest absolute Gasteiger partial charge is 0.388 e. The molecule has 0 heterocycles. The SMILES string of the molecule is CCC.F.OC(COCCC(F)(F)C(F)(F)C(F)(F)C(F)(F)F)COCCC(F)(F)C(F)(F)C(F)(F)C(F)(F)F. The van der Waals surface area contributed by atoms with Gasteiger partial charge in [0.2, 0.25) is 0 Å². The lowest BCUT2D eigenvalue weighted by molar-refractivity contribution is -0.397. The van der Waals surface area contributed by atoms with Crippen molar-refractivity contribution in [2.45, 2.75) is 87.1 Å². The molecule has 0 spiro atoms. The fraction of sp³-hybridized carbons (Fsp3) is 1.00. The van der Waals surface area contributed by atoms with E-state index in [1.54, 1.807) is 0 Å². The molecule has 0 amide bonds. The van der Waals surface area contributed by atoms with E-state index in [2.05, 4.69) is 23.3 Å². The topological polar surface area (TPSA) is 38.7 Å². The molecule has 246 valence electrons. The summed E-state index contributed by atoms with van der Waals surface area (Å²) in [6.07, 6.45) is -19.9. The molecule has 1 N–H and O–H groups in total. The van der Waals surface area contributed by atoms with E-state index >= 15 is 0 Å². The molecule has 40 heavy (non-hydrogen) atoms. The minimum atomic E-state index is -7.15. The van der Waals surface area contributed by atoms with Crippen LogP contribution in [0.15, 0.2) is 0 Å². The van der Waals surface area contributed by atoms with E-state index in [0.717, 1.165) is 0 Å². The zero-order chi connectivity index (χ0) is 31.9. The number of alkyl halides is 18. The van der Waals surface area contributed by atoms with Crippen LogP contribution < -0.4 is 0 Å². The predicted molar refractivity (Wildman–Crippen MR) is 97.1 cm³/mol. The summed E-state index contributed by atoms with van der Waals surface area (Å²) in [5, 5.41) is 9.24. The Hall–Kier alpha value is -1.45. The lowest BCUT2D eigenvalue weighted by Crippen LogP contribution is -2.61. The van der Waals surface area contributed by atoms with Gasteiger partial charge in [-0.1, -0.05) is 20.3 Å². The second-order valence-electron chi connectivity index (χ2n) is 7.71. The number of rotatable bonds is 14. The molecule has 0 aromatic heterocycles. The minimum absolute atomic E-state index is 0. The van der Waals surface area contributed by atoms with Crippen LogP contribution in [0.25, 0.3) is 0 Å². The summed E-state index contributed by atoms with van der Waals surface area (Å²) in [6.45, 7) is -1.67. The largest absolute Gasteiger partial charge is 0.460 e. The fourth-order valence-electron chi connectivity index (χ4n) is 2.02. The van der Waals surface area contributed by atoms with Crippen molar-refractivity contribution in [3.05, 3.63) is 0 Å². The van der Waals surface area contributed by atoms with Crippen LogP contribution in [-0.2, 0) is 9.47 Å². The van der Waals surface area contributed by atoms with Crippen LogP contribution in [0.5, 0.6) is 0 Å². The van der Waals surface area contributed by atoms with Crippen LogP contribution in [0.1, 0.15) is 33.1 Å². The van der Waals surface area contributed by atoms with Crippen molar-refractivity contribution in [3.8, 4) is 0 Å². The molecule has 0 aliphatic rings. The van der Waals surface area contributed by atoms with Gasteiger partial charge < -0.3 is 14.6 Å². The Kier molecular flexibility index (Phi) is 15.7. The first-order chi connectivity index (χ1) is 17.0. The van der Waals surface area contributed by atoms with E-state index < -0.39 is 93.3 Å². The maximum atomic E-state index is 13.2. The molecular formula is C18H23F19O3. The molecule has 0 unspecified atom stereocenters. The Bertz CT molecular complexity index is 660. The number of halogens is 19. The number of hydrogen-bond acceptors (Lipinski definition) is 3. The van der Waals surface area contributed by atoms with Crippen molar-refractivity contribution in [2.24, 2.45) is 0 Å². The van der Waals surface area contributed by atoms with Gasteiger partial charge in [0.15, 0.2) is 0 Å². The summed E-state index contributed by atoms with van der Waals surface area (Å²) in [6, 6.07) is 0. The van der Waals surface area contributed by atoms with E-state index in [-0.39, 0.29) is 4.70 Å². The van der Waals surface area contributed by atoms with Gasteiger partial charge in [0.05, 0.1) is 26.4 Å². The molecule has 22 heteroatoms. The molecule has 0 fully saturated rings. The van der Waals surface area contributed by atoms with Gasteiger partial charge >= 0.3 is 47.9 Å². The molecule has 3 nitrogen and oxygen atoms in total. The maximum Gasteiger partial charge on any atom is 0.460 e. The molecule has 0 rings (SSSR count). The summed E-state index contributed by atoms with van der Waals surface area (Å²) in [5.41, 5.74) is 0. The molecule has 0 aromatic carbocycles. The summed E-state index contributed by atoms with van der Waals surface area (Å²) < 4.78 is 235. The fourth-order valence-corrected chi connectivity index (χ4v) is 2.02. The Balaban J connectivity index is -0.00000326. The van der Waals surface area contributed by atoms with Crippen molar-refractivity contribution in [1.29, 1.82) is 0 Å². The minimum Gasteiger partial charge on any atom is -0.388 e. The number of aliphatic hydroxyl groups is 1. The summed E-state index contributed by atoms with van der Waals surface area (Å²) in [4.78, 5) is 0. The third-order valence-corrected chi connectivity index (χ3v) is 4.16. The molecule has 0 saturated heterocycles. The van der Waals surface area contributed by atoms with Gasteiger partial charge in [-0.05, 0) is 0 Å². The van der Waals surface area contributed by atoms with Crippen LogP contribution in [-0.4, -0.2) is 85.5 Å². The van der Waals surface area contributed by atoms with Gasteiger partial charge in [0.1, 0.15) is 6.10 Å². The van der Waals surface area contributed by atoms with Gasteiger partial charge in [0.25, 0.3) is 0 Å². The van der Waals surface area contributed by atoms with Crippen molar-refractivity contribution in [2.75, 3.05) is 26.4 Å². The zero-order valence-corrected chi connectivity index (χ0v) is 20.0. The molecule has 0 atom stereocenters. The Labute approximate surface area is 213 Å². The lowest BCUT2D eigenvalue weighted by Gasteiger charge is -2.33. The highest BCUT2D eigenvalue weighted by atomic mass is 19.4. The second-order valence-corrected chi connectivity index (χ2v) is 7.71. The Morgan fingerprint density at radius 1 is 0.500 bits per heavy atom. The van der Waals surface area contributed by atoms with Gasteiger partial charge in [0, 0.05) is 12.8 Å². The van der Waals surface area contributed by atoms with E-state index in [9.17, 15) is 84.1 Å². The van der Waals surface area contributed by atoms with Crippen molar-refractivity contribution in [1.82, 2.24) is 0 Å². The maximum absolute atomic E-state index is 13.2. The molecular weight excluding hydrogens is 625 g/mol. The van der Waals surface area contributed by atoms with Crippen LogP contribution in [0.4, 0.5) is 83.7 Å². The second kappa shape index (κ2) is 14.6. The van der Waals surface area contributed by atoms with Gasteiger partial charge in [-0.3, -0.25) is 4.70 Å². The zero-order valence-electron chi connectivity index (χ0n) is 20.0. The molecule has 0 aromatic rings. The van der Waals surface area contributed by atoms with Gasteiger partial charge in [-0.25, -0.2) is 0 Å². The van der Waals surface area contributed by atoms with Crippen LogP contribution >= 0.6 is 0 Å². The van der Waals surface area contributed by atoms with Crippen LogP contribution in [0.2, 0.25) is 0 Å². The average molecular weight is 648 g/mol. The van der Waals surface area contributed by atoms with E-state index in [1.807, 2.05) is 0 Å². The lowest BCUT2D eigenvalue weighted by atomic mass is 10.0. The quantitative estimate of drug-likeness (QED) is 0.155. The third kappa shape index (κ3) is 9.83. The van der Waals surface area contributed by atoms with E-state index in [1.165, 1.54) is 6.42 Å². The van der Waals surface area contributed by atoms with Gasteiger partial charge in [-0.15, -0.1) is 0 Å². The summed E-state index contributed by atoms with van der Waals surface area (Å²) in [7, 11) is 0. The highest BCUT2D eigenvalue weighted by Crippen LogP contribution is 2.55. The standard InChI is InChI=1S/C15H14F18O3.C3H8.FH/c16-8(17,10(20,21)12(24,25)14(28,29)30)1-3-35-5-7(34)6-36-4-2-9(18,19)11(22,23)13(26,27)15(31,32)33;1-3-2;/h7,34H,1-6H2;3H2,1-2H3;1H. The highest BCUT2D eigenvalue weighted by molar-refractivity contribution is 5.01. The first-order valence-electron chi connectivity index (χ1n) is 10.3. The molecule has 0 radical (unpaired) electrons. The molecule has 0 bridgehead atoms. The van der Waals surface area contributed by atoms with E-state index in [0.29, 0.717) is 0 Å². The van der Waals surface area contributed by atoms with Crippen LogP contribution in [0.3, 0.4) is 0 Å². The van der Waals surface area contributed by atoms with Gasteiger partial charge in [-0.2, -0.15) is 79.0 Å². The van der Waals surface area contributed by atoms with Crippen molar-refractivity contribution in [3.63, 3.8) is 0 Å². The van der Waals surface area contributed by atoms with E-state index in [4.69, 9.17) is 0 Å². The summed E-state index contributed by atoms with van der Waals surface area (Å²) >= 11 is 0. The average Bonchev–Trinajstić information content (AvgIpc) is 2.72. The Morgan fingerprint density at radius 2 is 0.725 bits per heavy atom. The predicted octanol–water partition coefficient (Wildman–Crippen LogP) is 7.67. The molecule has 0 aliphatic carbocycles. The molecule has 0 aliphatic heterocycles. The number of aliphatic hydroxyl groups excluding tert-OH is 1. The number of hydrogen-bond donors (Lipinski definition) is 1. The molecule has 0 saturated carbocycles. The first kappa shape index (κ1) is 43.0. The third-order valence-electron chi connectivity index (χ3n) is 4.16. The Morgan fingerprint density at radius 3 is 0.925 bits per heavy atom. The number of ether oxygens (including phenoxy) is 2. The van der Waals surface area contributed by atoms with Crippen molar-refractivity contribution >= 4 is 0 Å².